The second kappa shape index (κ2) is 12.4. The predicted molar refractivity (Wildman–Crippen MR) is 149 cm³/mol. The summed E-state index contributed by atoms with van der Waals surface area (Å²) in [5.41, 5.74) is 1.12. The third kappa shape index (κ3) is 7.80. The monoisotopic (exact) mass is 510 g/mol. The van der Waals surface area contributed by atoms with Crippen LogP contribution in [0.2, 0.25) is 5.04 Å². The molecule has 0 aliphatic carbocycles. The summed E-state index contributed by atoms with van der Waals surface area (Å²) in [6.07, 6.45) is 0.137. The second-order valence-corrected chi connectivity index (χ2v) is 15.3. The van der Waals surface area contributed by atoms with E-state index in [4.69, 9.17) is 9.16 Å². The van der Waals surface area contributed by atoms with E-state index in [1.54, 1.807) is 20.8 Å². The first-order valence-corrected chi connectivity index (χ1v) is 14.4. The van der Waals surface area contributed by atoms with E-state index in [9.17, 15) is 9.59 Å². The van der Waals surface area contributed by atoms with Crippen LogP contribution in [0.4, 0.5) is 4.79 Å². The summed E-state index contributed by atoms with van der Waals surface area (Å²) in [5, 5.41) is 7.68. The molecule has 7 heteroatoms. The molecule has 0 atom stereocenters. The Bertz CT molecular complexity index is 999. The van der Waals surface area contributed by atoms with Gasteiger partial charge in [0.1, 0.15) is 12.1 Å². The molecule has 2 aromatic carbocycles. The minimum Gasteiger partial charge on any atom is -0.444 e. The molecule has 2 N–H and O–H groups in total. The van der Waals surface area contributed by atoms with Crippen LogP contribution in [0.5, 0.6) is 0 Å². The zero-order chi connectivity index (χ0) is 27.0. The van der Waals surface area contributed by atoms with Gasteiger partial charge in [0, 0.05) is 5.70 Å². The first-order chi connectivity index (χ1) is 16.8. The highest BCUT2D eigenvalue weighted by Crippen LogP contribution is 2.37. The van der Waals surface area contributed by atoms with Crippen LogP contribution in [0, 0.1) is 0 Å². The van der Waals surface area contributed by atoms with Crippen molar-refractivity contribution in [3.05, 3.63) is 71.9 Å². The van der Waals surface area contributed by atoms with E-state index in [0.717, 1.165) is 17.7 Å². The van der Waals surface area contributed by atoms with E-state index < -0.39 is 20.0 Å². The molecule has 0 fully saturated rings. The largest absolute Gasteiger partial charge is 0.444 e. The molecule has 0 aromatic heterocycles. The van der Waals surface area contributed by atoms with Crippen LogP contribution in [0.15, 0.2) is 71.9 Å². The second-order valence-electron chi connectivity index (χ2n) is 11.0. The summed E-state index contributed by atoms with van der Waals surface area (Å²) in [4.78, 5) is 24.7. The van der Waals surface area contributed by atoms with Crippen molar-refractivity contribution >= 4 is 30.7 Å². The number of rotatable bonds is 9. The zero-order valence-electron chi connectivity index (χ0n) is 23.0. The Morgan fingerprint density at radius 1 is 0.861 bits per heavy atom. The van der Waals surface area contributed by atoms with Gasteiger partial charge in [-0.1, -0.05) is 93.9 Å². The molecular weight excluding hydrogens is 468 g/mol. The Balaban J connectivity index is 2.33. The number of ether oxygens (including phenoxy) is 1. The first kappa shape index (κ1) is 29.3. The van der Waals surface area contributed by atoms with Gasteiger partial charge in [-0.05, 0) is 49.5 Å². The van der Waals surface area contributed by atoms with Crippen molar-refractivity contribution in [2.75, 3.05) is 13.2 Å². The Morgan fingerprint density at radius 2 is 1.36 bits per heavy atom. The van der Waals surface area contributed by atoms with E-state index >= 15 is 0 Å². The standard InChI is InChI=1S/C29H42N2O4Si/c1-9-22(2)25(31-26(32)20-30-27(33)35-28(3,4)5)21-34-36(29(6,7)8,23-16-12-10-13-17-23)24-18-14-11-15-19-24/h10-19H,9,20-21H2,1-8H3,(H,30,33)(H,31,32)/b25-22+. The molecule has 2 aromatic rings. The van der Waals surface area contributed by atoms with Gasteiger partial charge in [-0.3, -0.25) is 4.79 Å². The number of alkyl carbamates (subject to hydrolysis) is 1. The van der Waals surface area contributed by atoms with Crippen LogP contribution < -0.4 is 21.0 Å². The van der Waals surface area contributed by atoms with Gasteiger partial charge in [-0.25, -0.2) is 4.79 Å². The summed E-state index contributed by atoms with van der Waals surface area (Å²) < 4.78 is 12.2. The van der Waals surface area contributed by atoms with E-state index in [1.807, 2.05) is 50.2 Å². The average molecular weight is 511 g/mol. The lowest BCUT2D eigenvalue weighted by atomic mass is 10.2. The molecule has 0 bridgehead atoms. The summed E-state index contributed by atoms with van der Waals surface area (Å²) >= 11 is 0. The Labute approximate surface area is 217 Å². The molecular formula is C29H42N2O4Si. The van der Waals surface area contributed by atoms with Gasteiger partial charge >= 0.3 is 6.09 Å². The van der Waals surface area contributed by atoms with Crippen LogP contribution in [0.25, 0.3) is 0 Å². The number of hydrogen-bond donors (Lipinski definition) is 2. The van der Waals surface area contributed by atoms with Crippen molar-refractivity contribution in [2.45, 2.75) is 72.5 Å². The third-order valence-corrected chi connectivity index (χ3v) is 11.0. The molecule has 2 rings (SSSR count). The van der Waals surface area contributed by atoms with E-state index in [2.05, 4.69) is 55.7 Å². The fraction of sp³-hybridized carbons (Fsp3) is 0.448. The maximum Gasteiger partial charge on any atom is 0.408 e. The highest BCUT2D eigenvalue weighted by atomic mass is 28.4. The molecule has 0 aliphatic heterocycles. The molecule has 36 heavy (non-hydrogen) atoms. The molecule has 0 saturated carbocycles. The fourth-order valence-electron chi connectivity index (χ4n) is 4.10. The van der Waals surface area contributed by atoms with E-state index in [1.165, 1.54) is 10.4 Å². The molecule has 0 aliphatic rings. The number of benzene rings is 2. The highest BCUT2D eigenvalue weighted by molar-refractivity contribution is 6.99. The van der Waals surface area contributed by atoms with Gasteiger partial charge in [0.15, 0.2) is 0 Å². The van der Waals surface area contributed by atoms with Crippen molar-refractivity contribution in [1.29, 1.82) is 0 Å². The number of carbonyl (C=O) groups excluding carboxylic acids is 2. The molecule has 196 valence electrons. The van der Waals surface area contributed by atoms with Crippen molar-refractivity contribution < 1.29 is 18.8 Å². The first-order valence-electron chi connectivity index (χ1n) is 12.5. The van der Waals surface area contributed by atoms with E-state index in [-0.39, 0.29) is 24.1 Å². The van der Waals surface area contributed by atoms with Crippen LogP contribution in [-0.2, 0) is 14.0 Å². The minimum absolute atomic E-state index is 0.177. The van der Waals surface area contributed by atoms with Crippen molar-refractivity contribution in [3.8, 4) is 0 Å². The molecule has 0 unspecified atom stereocenters. The summed E-state index contributed by atoms with van der Waals surface area (Å²) in [7, 11) is -2.76. The maximum absolute atomic E-state index is 12.7. The molecule has 0 heterocycles. The quantitative estimate of drug-likeness (QED) is 0.471. The van der Waals surface area contributed by atoms with Crippen molar-refractivity contribution in [2.24, 2.45) is 0 Å². The highest BCUT2D eigenvalue weighted by Gasteiger charge is 2.50. The van der Waals surface area contributed by atoms with Crippen LogP contribution in [0.3, 0.4) is 0 Å². The average Bonchev–Trinajstić information content (AvgIpc) is 2.81. The van der Waals surface area contributed by atoms with Crippen LogP contribution >= 0.6 is 0 Å². The normalized spacial score (nSPS) is 13.0. The fourth-order valence-corrected chi connectivity index (χ4v) is 8.62. The Hall–Kier alpha value is -2.90. The van der Waals surface area contributed by atoms with Gasteiger partial charge in [-0.15, -0.1) is 0 Å². The SMILES string of the molecule is CC/C(C)=C(\CO[Si](c1ccccc1)(c1ccccc1)C(C)(C)C)NC(=O)CNC(=O)OC(C)(C)C. The number of carbonyl (C=O) groups is 2. The molecule has 0 radical (unpaired) electrons. The lowest BCUT2D eigenvalue weighted by Crippen LogP contribution is -2.66. The minimum atomic E-state index is -2.76. The van der Waals surface area contributed by atoms with Gasteiger partial charge in [0.2, 0.25) is 5.91 Å². The van der Waals surface area contributed by atoms with Gasteiger partial charge in [0.25, 0.3) is 8.32 Å². The smallest absolute Gasteiger partial charge is 0.408 e. The number of amides is 2. The summed E-state index contributed by atoms with van der Waals surface area (Å²) in [6, 6.07) is 20.8. The van der Waals surface area contributed by atoms with Gasteiger partial charge in [0.05, 0.1) is 6.61 Å². The summed E-state index contributed by atoms with van der Waals surface area (Å²) in [6.45, 7) is 16.1. The number of allylic oxidation sites excluding steroid dienone is 1. The third-order valence-electron chi connectivity index (χ3n) is 5.98. The van der Waals surface area contributed by atoms with Gasteiger partial charge < -0.3 is 19.8 Å². The molecule has 0 saturated heterocycles. The summed E-state index contributed by atoms with van der Waals surface area (Å²) in [5.74, 6) is -0.324. The zero-order valence-corrected chi connectivity index (χ0v) is 24.0. The van der Waals surface area contributed by atoms with Crippen LogP contribution in [0.1, 0.15) is 61.8 Å². The van der Waals surface area contributed by atoms with Crippen molar-refractivity contribution in [1.82, 2.24) is 10.6 Å². The molecule has 6 nitrogen and oxygen atoms in total. The molecule has 2 amide bonds. The maximum atomic E-state index is 12.7. The number of hydrogen-bond acceptors (Lipinski definition) is 4. The molecule has 0 spiro atoms. The van der Waals surface area contributed by atoms with Crippen molar-refractivity contribution in [3.63, 3.8) is 0 Å². The predicted octanol–water partition coefficient (Wildman–Crippen LogP) is 4.89. The Morgan fingerprint density at radius 3 is 1.78 bits per heavy atom. The van der Waals surface area contributed by atoms with Crippen LogP contribution in [-0.4, -0.2) is 39.1 Å². The Kier molecular flexibility index (Phi) is 10.1. The number of nitrogens with one attached hydrogen (secondary N) is 2. The lowest BCUT2D eigenvalue weighted by Gasteiger charge is -2.43. The van der Waals surface area contributed by atoms with E-state index in [0.29, 0.717) is 0 Å². The lowest BCUT2D eigenvalue weighted by molar-refractivity contribution is -0.119. The topological polar surface area (TPSA) is 76.7 Å². The van der Waals surface area contributed by atoms with Gasteiger partial charge in [-0.2, -0.15) is 0 Å².